The van der Waals surface area contributed by atoms with Gasteiger partial charge in [0.25, 0.3) is 11.8 Å². The number of carbonyl (C=O) groups is 2. The standard InChI is InChI=1S/C25H21ClN2O3/c26-20-4-2-1-3-16(20)14-31-17-7-5-15(6-8-17)13-27-28-23(29)21-18-9-10-19(22(21)24(28)30)25(18)11-12-25/h1-10,13,18-19,21-22H,11-12,14H2/b27-13-/t18-,19-,21-,22-/m1/s1. The molecule has 0 unspecified atom stereocenters. The smallest absolute Gasteiger partial charge is 0.254 e. The summed E-state index contributed by atoms with van der Waals surface area (Å²) in [5, 5.41) is 6.03. The van der Waals surface area contributed by atoms with E-state index in [1.54, 1.807) is 6.21 Å². The lowest BCUT2D eigenvalue weighted by atomic mass is 9.85. The van der Waals surface area contributed by atoms with Gasteiger partial charge < -0.3 is 4.74 Å². The predicted octanol–water partition coefficient (Wildman–Crippen LogP) is 4.45. The van der Waals surface area contributed by atoms with Gasteiger partial charge in [0.2, 0.25) is 0 Å². The highest BCUT2D eigenvalue weighted by atomic mass is 35.5. The lowest BCUT2D eigenvalue weighted by Crippen LogP contribution is -2.30. The van der Waals surface area contributed by atoms with E-state index in [1.165, 1.54) is 0 Å². The van der Waals surface area contributed by atoms with Crippen LogP contribution in [0.3, 0.4) is 0 Å². The van der Waals surface area contributed by atoms with E-state index in [0.29, 0.717) is 17.4 Å². The first-order chi connectivity index (χ1) is 15.1. The van der Waals surface area contributed by atoms with E-state index in [-0.39, 0.29) is 40.9 Å². The first-order valence-corrected chi connectivity index (χ1v) is 11.0. The van der Waals surface area contributed by atoms with E-state index in [4.69, 9.17) is 16.3 Å². The Kier molecular flexibility index (Phi) is 4.12. The number of halogens is 1. The average molecular weight is 433 g/mol. The van der Waals surface area contributed by atoms with Gasteiger partial charge in [-0.3, -0.25) is 9.59 Å². The van der Waals surface area contributed by atoms with Crippen molar-refractivity contribution in [1.82, 2.24) is 5.01 Å². The third-order valence-electron chi connectivity index (χ3n) is 7.38. The van der Waals surface area contributed by atoms with Gasteiger partial charge in [-0.1, -0.05) is 42.0 Å². The number of nitrogens with zero attached hydrogens (tertiary/aromatic N) is 2. The molecule has 2 bridgehead atoms. The van der Waals surface area contributed by atoms with Crippen LogP contribution in [0.5, 0.6) is 5.75 Å². The quantitative estimate of drug-likeness (QED) is 0.398. The maximum absolute atomic E-state index is 13.0. The summed E-state index contributed by atoms with van der Waals surface area (Å²) in [6.07, 6.45) is 8.17. The molecule has 1 saturated heterocycles. The fourth-order valence-electron chi connectivity index (χ4n) is 5.73. The Bertz CT molecular complexity index is 1100. The summed E-state index contributed by atoms with van der Waals surface area (Å²) >= 11 is 6.16. The normalized spacial score (nSPS) is 29.4. The molecule has 2 amide bonds. The number of benzene rings is 2. The van der Waals surface area contributed by atoms with Gasteiger partial charge in [0, 0.05) is 10.6 Å². The molecule has 0 radical (unpaired) electrons. The van der Waals surface area contributed by atoms with Crippen molar-refractivity contribution in [3.63, 3.8) is 0 Å². The molecule has 156 valence electrons. The molecule has 1 aliphatic heterocycles. The van der Waals surface area contributed by atoms with Crippen molar-refractivity contribution in [2.45, 2.75) is 19.4 Å². The zero-order valence-electron chi connectivity index (χ0n) is 16.8. The number of carbonyl (C=O) groups excluding carboxylic acids is 2. The van der Waals surface area contributed by atoms with Crippen molar-refractivity contribution in [2.24, 2.45) is 34.2 Å². The van der Waals surface area contributed by atoms with E-state index in [0.717, 1.165) is 29.0 Å². The van der Waals surface area contributed by atoms with Crippen molar-refractivity contribution in [2.75, 3.05) is 0 Å². The van der Waals surface area contributed by atoms with Gasteiger partial charge in [-0.25, -0.2) is 0 Å². The monoisotopic (exact) mass is 432 g/mol. The fourth-order valence-corrected chi connectivity index (χ4v) is 5.92. The highest BCUT2D eigenvalue weighted by Gasteiger charge is 2.73. The number of hydrazone groups is 1. The fraction of sp³-hybridized carbons (Fsp3) is 0.320. The maximum Gasteiger partial charge on any atom is 0.254 e. The van der Waals surface area contributed by atoms with Gasteiger partial charge in [0.1, 0.15) is 12.4 Å². The SMILES string of the molecule is O=C1[C@H]2[C@H](C(=O)N1/N=C\c1ccc(OCc3ccccc3Cl)cc1)[C@H]1C=C[C@H]2C12CC2. The van der Waals surface area contributed by atoms with Gasteiger partial charge in [0.15, 0.2) is 0 Å². The number of amides is 2. The van der Waals surface area contributed by atoms with Crippen molar-refractivity contribution < 1.29 is 14.3 Å². The summed E-state index contributed by atoms with van der Waals surface area (Å²) < 4.78 is 5.79. The second-order valence-corrected chi connectivity index (χ2v) is 9.31. The minimum absolute atomic E-state index is 0.144. The van der Waals surface area contributed by atoms with E-state index >= 15 is 0 Å². The maximum atomic E-state index is 13.0. The molecule has 3 aliphatic carbocycles. The summed E-state index contributed by atoms with van der Waals surface area (Å²) in [4.78, 5) is 25.9. The number of rotatable bonds is 5. The number of fused-ring (bicyclic) bond motifs is 3. The molecule has 2 saturated carbocycles. The van der Waals surface area contributed by atoms with E-state index < -0.39 is 0 Å². The number of ether oxygens (including phenoxy) is 1. The molecule has 4 aliphatic rings. The minimum atomic E-state index is -0.220. The van der Waals surface area contributed by atoms with Crippen molar-refractivity contribution in [3.05, 3.63) is 76.8 Å². The Labute approximate surface area is 185 Å². The molecule has 6 heteroatoms. The van der Waals surface area contributed by atoms with Crippen LogP contribution in [0.25, 0.3) is 0 Å². The molecule has 31 heavy (non-hydrogen) atoms. The van der Waals surface area contributed by atoms with Crippen LogP contribution in [0.2, 0.25) is 5.02 Å². The Balaban J connectivity index is 1.12. The minimum Gasteiger partial charge on any atom is -0.489 e. The van der Waals surface area contributed by atoms with Crippen molar-refractivity contribution in [3.8, 4) is 5.75 Å². The molecule has 2 aromatic rings. The molecule has 1 heterocycles. The molecule has 3 fully saturated rings. The molecule has 0 aromatic heterocycles. The van der Waals surface area contributed by atoms with Gasteiger partial charge in [-0.15, -0.1) is 0 Å². The largest absolute Gasteiger partial charge is 0.489 e. The van der Waals surface area contributed by atoms with Crippen molar-refractivity contribution in [1.29, 1.82) is 0 Å². The molecule has 4 atom stereocenters. The summed E-state index contributed by atoms with van der Waals surface area (Å²) in [5.41, 5.74) is 1.92. The van der Waals surface area contributed by atoms with Gasteiger partial charge in [-0.05, 0) is 66.0 Å². The lowest BCUT2D eigenvalue weighted by Gasteiger charge is -2.18. The molecule has 0 N–H and O–H groups in total. The summed E-state index contributed by atoms with van der Waals surface area (Å²) in [6.45, 7) is 0.379. The van der Waals surface area contributed by atoms with Crippen LogP contribution < -0.4 is 4.74 Å². The van der Waals surface area contributed by atoms with Crippen molar-refractivity contribution >= 4 is 29.6 Å². The average Bonchev–Trinajstić information content (AvgIpc) is 3.38. The third kappa shape index (κ3) is 2.79. The third-order valence-corrected chi connectivity index (χ3v) is 7.75. The van der Waals surface area contributed by atoms with E-state index in [2.05, 4.69) is 17.3 Å². The van der Waals surface area contributed by atoms with Crippen LogP contribution in [0.4, 0.5) is 0 Å². The van der Waals surface area contributed by atoms with Gasteiger partial charge in [0.05, 0.1) is 18.1 Å². The Morgan fingerprint density at radius 3 is 2.26 bits per heavy atom. The van der Waals surface area contributed by atoms with Crippen LogP contribution in [0.15, 0.2) is 65.8 Å². The summed E-state index contributed by atoms with van der Waals surface area (Å²) in [7, 11) is 0. The number of imide groups is 1. The molecular weight excluding hydrogens is 412 g/mol. The topological polar surface area (TPSA) is 59.0 Å². The Morgan fingerprint density at radius 2 is 1.65 bits per heavy atom. The predicted molar refractivity (Wildman–Crippen MR) is 116 cm³/mol. The number of hydrogen-bond acceptors (Lipinski definition) is 4. The van der Waals surface area contributed by atoms with Crippen LogP contribution in [0.1, 0.15) is 24.0 Å². The van der Waals surface area contributed by atoms with Crippen LogP contribution >= 0.6 is 11.6 Å². The van der Waals surface area contributed by atoms with Crippen LogP contribution in [-0.2, 0) is 16.2 Å². The molecule has 1 spiro atoms. The second kappa shape index (κ2) is 6.79. The van der Waals surface area contributed by atoms with E-state index in [9.17, 15) is 9.59 Å². The zero-order valence-corrected chi connectivity index (χ0v) is 17.5. The Hall–Kier alpha value is -2.92. The van der Waals surface area contributed by atoms with Crippen LogP contribution in [-0.4, -0.2) is 23.0 Å². The summed E-state index contributed by atoms with van der Waals surface area (Å²) in [5.74, 6) is 0.410. The molecular formula is C25H21ClN2O3. The first kappa shape index (κ1) is 18.8. The lowest BCUT2D eigenvalue weighted by molar-refractivity contribution is -0.141. The second-order valence-electron chi connectivity index (χ2n) is 8.90. The van der Waals surface area contributed by atoms with Gasteiger partial charge >= 0.3 is 0 Å². The molecule has 2 aromatic carbocycles. The Morgan fingerprint density at radius 1 is 1.00 bits per heavy atom. The first-order valence-electron chi connectivity index (χ1n) is 10.6. The number of hydrogen-bond donors (Lipinski definition) is 0. The van der Waals surface area contributed by atoms with Crippen LogP contribution in [0, 0.1) is 29.1 Å². The summed E-state index contributed by atoms with van der Waals surface area (Å²) in [6, 6.07) is 14.9. The zero-order chi connectivity index (χ0) is 21.2. The highest BCUT2D eigenvalue weighted by molar-refractivity contribution is 6.31. The van der Waals surface area contributed by atoms with Gasteiger partial charge in [-0.2, -0.15) is 10.1 Å². The van der Waals surface area contributed by atoms with E-state index in [1.807, 2.05) is 48.5 Å². The number of allylic oxidation sites excluding steroid dienone is 2. The molecule has 5 nitrogen and oxygen atoms in total. The highest BCUT2D eigenvalue weighted by Crippen LogP contribution is 2.73. The molecule has 6 rings (SSSR count).